The van der Waals surface area contributed by atoms with Crippen molar-refractivity contribution in [1.82, 2.24) is 0 Å². The second-order valence-corrected chi connectivity index (χ2v) is 5.26. The van der Waals surface area contributed by atoms with Crippen LogP contribution in [0.1, 0.15) is 28.9 Å². The number of halogens is 2. The molecule has 0 N–H and O–H groups in total. The van der Waals surface area contributed by atoms with E-state index < -0.39 is 0 Å². The minimum Gasteiger partial charge on any atom is -0.486 e. The molecule has 2 aromatic carbocycles. The van der Waals surface area contributed by atoms with Gasteiger partial charge in [0.15, 0.2) is 0 Å². The first-order valence-corrected chi connectivity index (χ1v) is 7.07. The summed E-state index contributed by atoms with van der Waals surface area (Å²) >= 11 is 11.8. The van der Waals surface area contributed by atoms with Crippen LogP contribution in [0, 0.1) is 0 Å². The van der Waals surface area contributed by atoms with E-state index in [4.69, 9.17) is 27.9 Å². The van der Waals surface area contributed by atoms with Gasteiger partial charge in [-0.15, -0.1) is 0 Å². The molecule has 21 heavy (non-hydrogen) atoms. The van der Waals surface area contributed by atoms with E-state index >= 15 is 0 Å². The van der Waals surface area contributed by atoms with E-state index in [1.165, 1.54) is 7.11 Å². The fraction of sp³-hybridized carbons (Fsp3) is 0.188. The van der Waals surface area contributed by atoms with Gasteiger partial charge in [-0.05, 0) is 36.8 Å². The largest absolute Gasteiger partial charge is 0.486 e. The molecule has 0 heterocycles. The quantitative estimate of drug-likeness (QED) is 0.749. The highest BCUT2D eigenvalue weighted by atomic mass is 35.5. The molecule has 0 bridgehead atoms. The monoisotopic (exact) mass is 324 g/mol. The number of carbonyl (C=O) groups excluding carboxylic acids is 1. The van der Waals surface area contributed by atoms with Gasteiger partial charge in [0.25, 0.3) is 0 Å². The molecule has 0 radical (unpaired) electrons. The van der Waals surface area contributed by atoms with Gasteiger partial charge < -0.3 is 9.47 Å². The van der Waals surface area contributed by atoms with Gasteiger partial charge in [-0.1, -0.05) is 35.3 Å². The lowest BCUT2D eigenvalue weighted by Gasteiger charge is -2.15. The van der Waals surface area contributed by atoms with Crippen LogP contribution in [0.15, 0.2) is 42.5 Å². The molecule has 0 saturated carbocycles. The number of hydrogen-bond donors (Lipinski definition) is 0. The third-order valence-electron chi connectivity index (χ3n) is 3.01. The normalized spacial score (nSPS) is 11.8. The summed E-state index contributed by atoms with van der Waals surface area (Å²) in [5, 5.41) is 0.932. The smallest absolute Gasteiger partial charge is 0.337 e. The summed E-state index contributed by atoms with van der Waals surface area (Å²) in [7, 11) is 1.35. The summed E-state index contributed by atoms with van der Waals surface area (Å²) in [5.74, 6) is 0.272. The molecule has 0 saturated heterocycles. The highest BCUT2D eigenvalue weighted by Crippen LogP contribution is 2.29. The standard InChI is InChI=1S/C16H14Cl2O3/c1-10(21-13-7-8-14(17)15(18)9-13)11-3-5-12(6-4-11)16(19)20-2/h3-10H,1-2H3. The molecule has 5 heteroatoms. The molecule has 110 valence electrons. The van der Waals surface area contributed by atoms with Crippen LogP contribution < -0.4 is 4.74 Å². The molecule has 0 aromatic heterocycles. The fourth-order valence-electron chi connectivity index (χ4n) is 1.83. The van der Waals surface area contributed by atoms with E-state index in [1.54, 1.807) is 30.3 Å². The molecule has 0 fully saturated rings. The van der Waals surface area contributed by atoms with Gasteiger partial charge in [-0.3, -0.25) is 0 Å². The number of ether oxygens (including phenoxy) is 2. The maximum atomic E-state index is 11.4. The zero-order valence-corrected chi connectivity index (χ0v) is 13.1. The lowest BCUT2D eigenvalue weighted by molar-refractivity contribution is 0.0600. The van der Waals surface area contributed by atoms with Crippen LogP contribution in [0.4, 0.5) is 0 Å². The van der Waals surface area contributed by atoms with Crippen LogP contribution >= 0.6 is 23.2 Å². The summed E-state index contributed by atoms with van der Waals surface area (Å²) in [6.07, 6.45) is -0.186. The number of rotatable bonds is 4. The van der Waals surface area contributed by atoms with Crippen molar-refractivity contribution in [3.8, 4) is 5.75 Å². The summed E-state index contributed by atoms with van der Waals surface area (Å²) in [6, 6.07) is 12.2. The Morgan fingerprint density at radius 3 is 2.29 bits per heavy atom. The Kier molecular flexibility index (Phi) is 5.10. The van der Waals surface area contributed by atoms with Crippen LogP contribution in [0.5, 0.6) is 5.75 Å². The Hall–Kier alpha value is -1.71. The predicted octanol–water partition coefficient (Wildman–Crippen LogP) is 4.92. The fourth-order valence-corrected chi connectivity index (χ4v) is 2.12. The Balaban J connectivity index is 2.10. The SMILES string of the molecule is COC(=O)c1ccc(C(C)Oc2ccc(Cl)c(Cl)c2)cc1. The average Bonchev–Trinajstić information content (AvgIpc) is 2.50. The van der Waals surface area contributed by atoms with Gasteiger partial charge in [-0.25, -0.2) is 4.79 Å². The second-order valence-electron chi connectivity index (χ2n) is 4.45. The van der Waals surface area contributed by atoms with E-state index in [2.05, 4.69) is 4.74 Å². The summed E-state index contributed by atoms with van der Waals surface area (Å²) < 4.78 is 10.5. The Morgan fingerprint density at radius 2 is 1.71 bits per heavy atom. The average molecular weight is 325 g/mol. The molecule has 1 unspecified atom stereocenters. The molecule has 2 aromatic rings. The third-order valence-corrected chi connectivity index (χ3v) is 3.74. The van der Waals surface area contributed by atoms with Gasteiger partial charge in [0, 0.05) is 6.07 Å². The van der Waals surface area contributed by atoms with Gasteiger partial charge in [-0.2, -0.15) is 0 Å². The van der Waals surface area contributed by atoms with Crippen molar-refractivity contribution in [2.24, 2.45) is 0 Å². The minimum atomic E-state index is -0.361. The lowest BCUT2D eigenvalue weighted by atomic mass is 10.1. The molecular weight excluding hydrogens is 311 g/mol. The van der Waals surface area contributed by atoms with Gasteiger partial charge >= 0.3 is 5.97 Å². The van der Waals surface area contributed by atoms with Gasteiger partial charge in [0.1, 0.15) is 11.9 Å². The first-order valence-electron chi connectivity index (χ1n) is 6.31. The maximum absolute atomic E-state index is 11.4. The first kappa shape index (κ1) is 15.7. The Labute approximate surface area is 133 Å². The molecule has 1 atom stereocenters. The highest BCUT2D eigenvalue weighted by Gasteiger charge is 2.10. The van der Waals surface area contributed by atoms with Crippen molar-refractivity contribution in [3.05, 3.63) is 63.6 Å². The van der Waals surface area contributed by atoms with Crippen molar-refractivity contribution in [1.29, 1.82) is 0 Å². The number of esters is 1. The Morgan fingerprint density at radius 1 is 1.05 bits per heavy atom. The van der Waals surface area contributed by atoms with Crippen LogP contribution in [-0.4, -0.2) is 13.1 Å². The van der Waals surface area contributed by atoms with Crippen molar-refractivity contribution in [2.45, 2.75) is 13.0 Å². The van der Waals surface area contributed by atoms with Gasteiger partial charge in [0.05, 0.1) is 22.7 Å². The maximum Gasteiger partial charge on any atom is 0.337 e. The molecule has 0 aliphatic carbocycles. The molecule has 0 aliphatic heterocycles. The number of benzene rings is 2. The Bertz CT molecular complexity index is 638. The third kappa shape index (κ3) is 3.90. The number of hydrogen-bond acceptors (Lipinski definition) is 3. The van der Waals surface area contributed by atoms with E-state index in [0.717, 1.165) is 5.56 Å². The van der Waals surface area contributed by atoms with Crippen molar-refractivity contribution in [3.63, 3.8) is 0 Å². The van der Waals surface area contributed by atoms with Crippen LogP contribution in [0.3, 0.4) is 0 Å². The topological polar surface area (TPSA) is 35.5 Å². The van der Waals surface area contributed by atoms with E-state index in [1.807, 2.05) is 19.1 Å². The predicted molar refractivity (Wildman–Crippen MR) is 83.3 cm³/mol. The van der Waals surface area contributed by atoms with Crippen molar-refractivity contribution >= 4 is 29.2 Å². The summed E-state index contributed by atoms with van der Waals surface area (Å²) in [6.45, 7) is 1.91. The van der Waals surface area contributed by atoms with Gasteiger partial charge in [0.2, 0.25) is 0 Å². The van der Waals surface area contributed by atoms with Crippen molar-refractivity contribution < 1.29 is 14.3 Å². The van der Waals surface area contributed by atoms with Crippen LogP contribution in [-0.2, 0) is 4.74 Å². The van der Waals surface area contributed by atoms with E-state index in [0.29, 0.717) is 21.4 Å². The molecule has 2 rings (SSSR count). The molecule has 0 aliphatic rings. The van der Waals surface area contributed by atoms with Crippen LogP contribution in [0.2, 0.25) is 10.0 Å². The molecule has 0 amide bonds. The number of carbonyl (C=O) groups is 1. The van der Waals surface area contributed by atoms with E-state index in [9.17, 15) is 4.79 Å². The highest BCUT2D eigenvalue weighted by molar-refractivity contribution is 6.42. The van der Waals surface area contributed by atoms with Crippen LogP contribution in [0.25, 0.3) is 0 Å². The summed E-state index contributed by atoms with van der Waals surface area (Å²) in [5.41, 5.74) is 1.44. The molecular formula is C16H14Cl2O3. The van der Waals surface area contributed by atoms with Crippen molar-refractivity contribution in [2.75, 3.05) is 7.11 Å². The zero-order valence-electron chi connectivity index (χ0n) is 11.6. The zero-order chi connectivity index (χ0) is 15.4. The minimum absolute atomic E-state index is 0.186. The second kappa shape index (κ2) is 6.83. The molecule has 3 nitrogen and oxygen atoms in total. The first-order chi connectivity index (χ1) is 10.0. The number of methoxy groups -OCH3 is 1. The van der Waals surface area contributed by atoms with E-state index in [-0.39, 0.29) is 12.1 Å². The lowest BCUT2D eigenvalue weighted by Crippen LogP contribution is -2.05. The summed E-state index contributed by atoms with van der Waals surface area (Å²) in [4.78, 5) is 11.4. The molecule has 0 spiro atoms.